The Kier molecular flexibility index (Phi) is 5.57. The minimum atomic E-state index is -0.630. The quantitative estimate of drug-likeness (QED) is 0.480. The third-order valence-corrected chi connectivity index (χ3v) is 4.88. The standard InChI is InChI=1S/C20H16N4O4S/c25-17(21-15-8-4-7-14(9-15)18-23-20(26)28-24-18)12-29-11-16-10-27-19(22-16)13-5-2-1-3-6-13/h1-10H,11-12H2,(H,21,25)(H,23,24,26). The van der Waals surface area contributed by atoms with Crippen LogP contribution in [0.15, 0.2) is 74.6 Å². The van der Waals surface area contributed by atoms with Crippen molar-refractivity contribution in [2.75, 3.05) is 11.1 Å². The lowest BCUT2D eigenvalue weighted by atomic mass is 10.2. The zero-order valence-corrected chi connectivity index (χ0v) is 15.9. The molecule has 0 bridgehead atoms. The molecule has 1 amide bonds. The highest BCUT2D eigenvalue weighted by atomic mass is 32.2. The fraction of sp³-hybridized carbons (Fsp3) is 0.100. The normalized spacial score (nSPS) is 10.8. The second-order valence-electron chi connectivity index (χ2n) is 6.08. The zero-order valence-electron chi connectivity index (χ0n) is 15.1. The number of aromatic nitrogens is 3. The van der Waals surface area contributed by atoms with Crippen LogP contribution < -0.4 is 11.1 Å². The highest BCUT2D eigenvalue weighted by Crippen LogP contribution is 2.21. The van der Waals surface area contributed by atoms with Crippen LogP contribution in [0, 0.1) is 0 Å². The fourth-order valence-corrected chi connectivity index (χ4v) is 3.33. The molecule has 0 atom stereocenters. The van der Waals surface area contributed by atoms with Gasteiger partial charge in [0.2, 0.25) is 11.8 Å². The van der Waals surface area contributed by atoms with E-state index >= 15 is 0 Å². The van der Waals surface area contributed by atoms with Crippen LogP contribution in [0.4, 0.5) is 5.69 Å². The van der Waals surface area contributed by atoms with Gasteiger partial charge in [0.1, 0.15) is 6.26 Å². The van der Waals surface area contributed by atoms with E-state index in [2.05, 4.69) is 25.0 Å². The first-order valence-corrected chi connectivity index (χ1v) is 9.87. The van der Waals surface area contributed by atoms with Crippen molar-refractivity contribution in [3.8, 4) is 22.8 Å². The smallest absolute Gasteiger partial charge is 0.439 e. The number of oxazole rings is 1. The Morgan fingerprint density at radius 3 is 2.72 bits per heavy atom. The lowest BCUT2D eigenvalue weighted by Crippen LogP contribution is -2.14. The topological polar surface area (TPSA) is 114 Å². The molecule has 4 aromatic rings. The van der Waals surface area contributed by atoms with Crippen LogP contribution in [-0.2, 0) is 10.5 Å². The molecule has 8 nitrogen and oxygen atoms in total. The van der Waals surface area contributed by atoms with Gasteiger partial charge in [-0.15, -0.1) is 11.8 Å². The first-order chi connectivity index (χ1) is 14.2. The van der Waals surface area contributed by atoms with Gasteiger partial charge in [0.05, 0.1) is 11.4 Å². The number of aromatic amines is 1. The maximum atomic E-state index is 12.2. The molecule has 4 rings (SSSR count). The molecule has 0 aliphatic carbocycles. The van der Waals surface area contributed by atoms with E-state index in [1.54, 1.807) is 30.5 Å². The SMILES string of the molecule is O=C(CSCc1coc(-c2ccccc2)n1)Nc1cccc(-c2noc(=O)[nH]2)c1. The van der Waals surface area contributed by atoms with Crippen LogP contribution in [0.3, 0.4) is 0 Å². The lowest BCUT2D eigenvalue weighted by Gasteiger charge is -2.06. The molecule has 2 N–H and O–H groups in total. The molecular formula is C20H16N4O4S. The Hall–Kier alpha value is -3.59. The van der Waals surface area contributed by atoms with Gasteiger partial charge in [0.25, 0.3) is 0 Å². The van der Waals surface area contributed by atoms with E-state index in [1.165, 1.54) is 11.8 Å². The Bertz CT molecular complexity index is 1170. The van der Waals surface area contributed by atoms with Crippen molar-refractivity contribution in [1.82, 2.24) is 15.1 Å². The van der Waals surface area contributed by atoms with Gasteiger partial charge in [0.15, 0.2) is 5.82 Å². The molecule has 29 heavy (non-hydrogen) atoms. The average Bonchev–Trinajstić information content (AvgIpc) is 3.38. The number of nitrogens with zero attached hydrogens (tertiary/aromatic N) is 2. The molecule has 2 heterocycles. The number of anilines is 1. The van der Waals surface area contributed by atoms with Crippen molar-refractivity contribution < 1.29 is 13.7 Å². The van der Waals surface area contributed by atoms with Gasteiger partial charge in [-0.25, -0.2) is 9.78 Å². The number of nitrogens with one attached hydrogen (secondary N) is 2. The summed E-state index contributed by atoms with van der Waals surface area (Å²) in [5, 5.41) is 6.46. The van der Waals surface area contributed by atoms with Crippen LogP contribution in [0.1, 0.15) is 5.69 Å². The maximum absolute atomic E-state index is 12.2. The molecule has 0 saturated heterocycles. The predicted molar refractivity (Wildman–Crippen MR) is 109 cm³/mol. The minimum absolute atomic E-state index is 0.146. The van der Waals surface area contributed by atoms with E-state index in [4.69, 9.17) is 4.42 Å². The van der Waals surface area contributed by atoms with Crippen LogP contribution in [0.25, 0.3) is 22.8 Å². The molecular weight excluding hydrogens is 392 g/mol. The first kappa shape index (κ1) is 18.8. The summed E-state index contributed by atoms with van der Waals surface area (Å²) in [6, 6.07) is 16.6. The van der Waals surface area contributed by atoms with Gasteiger partial charge in [-0.2, -0.15) is 0 Å². The van der Waals surface area contributed by atoms with Crippen LogP contribution in [0.2, 0.25) is 0 Å². The van der Waals surface area contributed by atoms with Gasteiger partial charge in [-0.3, -0.25) is 14.3 Å². The third kappa shape index (κ3) is 4.82. The van der Waals surface area contributed by atoms with Crippen LogP contribution in [0.5, 0.6) is 0 Å². The second kappa shape index (κ2) is 8.61. The van der Waals surface area contributed by atoms with Crippen molar-refractivity contribution in [1.29, 1.82) is 0 Å². The fourth-order valence-electron chi connectivity index (χ4n) is 2.63. The second-order valence-corrected chi connectivity index (χ2v) is 7.06. The molecule has 0 aliphatic rings. The molecule has 9 heteroatoms. The maximum Gasteiger partial charge on any atom is 0.439 e. The Morgan fingerprint density at radius 2 is 1.93 bits per heavy atom. The van der Waals surface area contributed by atoms with E-state index in [1.807, 2.05) is 30.3 Å². The molecule has 0 aliphatic heterocycles. The number of benzene rings is 2. The summed E-state index contributed by atoms with van der Waals surface area (Å²) in [5.41, 5.74) is 2.93. The molecule has 0 radical (unpaired) electrons. The van der Waals surface area contributed by atoms with Crippen LogP contribution >= 0.6 is 11.8 Å². The lowest BCUT2D eigenvalue weighted by molar-refractivity contribution is -0.113. The van der Waals surface area contributed by atoms with Gasteiger partial charge in [0, 0.05) is 22.6 Å². The van der Waals surface area contributed by atoms with E-state index in [9.17, 15) is 9.59 Å². The highest BCUT2D eigenvalue weighted by molar-refractivity contribution is 7.99. The molecule has 2 aromatic carbocycles. The average molecular weight is 408 g/mol. The van der Waals surface area contributed by atoms with Gasteiger partial charge < -0.3 is 9.73 Å². The van der Waals surface area contributed by atoms with Crippen molar-refractivity contribution in [2.24, 2.45) is 0 Å². The van der Waals surface area contributed by atoms with Gasteiger partial charge in [-0.05, 0) is 24.3 Å². The third-order valence-electron chi connectivity index (χ3n) is 3.92. The number of hydrogen-bond donors (Lipinski definition) is 2. The molecule has 2 aromatic heterocycles. The highest BCUT2D eigenvalue weighted by Gasteiger charge is 2.09. The monoisotopic (exact) mass is 408 g/mol. The summed E-state index contributed by atoms with van der Waals surface area (Å²) in [5.74, 6) is 0.915. The number of hydrogen-bond acceptors (Lipinski definition) is 7. The van der Waals surface area contributed by atoms with Gasteiger partial charge >= 0.3 is 5.76 Å². The largest absolute Gasteiger partial charge is 0.444 e. The zero-order chi connectivity index (χ0) is 20.1. The van der Waals surface area contributed by atoms with Crippen molar-refractivity contribution in [2.45, 2.75) is 5.75 Å². The summed E-state index contributed by atoms with van der Waals surface area (Å²) in [6.07, 6.45) is 1.61. The van der Waals surface area contributed by atoms with E-state index in [-0.39, 0.29) is 11.7 Å². The summed E-state index contributed by atoms with van der Waals surface area (Å²) in [4.78, 5) is 30.2. The number of amides is 1. The molecule has 0 spiro atoms. The first-order valence-electron chi connectivity index (χ1n) is 8.71. The van der Waals surface area contributed by atoms with E-state index in [0.29, 0.717) is 28.7 Å². The summed E-state index contributed by atoms with van der Waals surface area (Å²) < 4.78 is 10.00. The summed E-state index contributed by atoms with van der Waals surface area (Å²) in [7, 11) is 0. The van der Waals surface area contributed by atoms with Crippen molar-refractivity contribution >= 4 is 23.4 Å². The van der Waals surface area contributed by atoms with Crippen LogP contribution in [-0.4, -0.2) is 26.8 Å². The number of carbonyl (C=O) groups excluding carboxylic acids is 1. The number of rotatable bonds is 7. The van der Waals surface area contributed by atoms with E-state index in [0.717, 1.165) is 11.3 Å². The number of carbonyl (C=O) groups is 1. The Morgan fingerprint density at radius 1 is 1.10 bits per heavy atom. The molecule has 0 unspecified atom stereocenters. The van der Waals surface area contributed by atoms with Crippen molar-refractivity contribution in [3.05, 3.63) is 77.1 Å². The number of thioether (sulfide) groups is 1. The molecule has 0 saturated carbocycles. The molecule has 146 valence electrons. The number of H-pyrrole nitrogens is 1. The Labute approximate surface area is 169 Å². The summed E-state index contributed by atoms with van der Waals surface area (Å²) in [6.45, 7) is 0. The minimum Gasteiger partial charge on any atom is -0.444 e. The van der Waals surface area contributed by atoms with Gasteiger partial charge in [-0.1, -0.05) is 35.5 Å². The summed E-state index contributed by atoms with van der Waals surface area (Å²) >= 11 is 1.44. The predicted octanol–water partition coefficient (Wildman–Crippen LogP) is 3.56. The van der Waals surface area contributed by atoms with E-state index < -0.39 is 5.76 Å². The molecule has 0 fully saturated rings. The Balaban J connectivity index is 1.30. The van der Waals surface area contributed by atoms with Crippen molar-refractivity contribution in [3.63, 3.8) is 0 Å².